The lowest BCUT2D eigenvalue weighted by Gasteiger charge is -2.31. The van der Waals surface area contributed by atoms with Gasteiger partial charge >= 0.3 is 0 Å². The first-order chi connectivity index (χ1) is 10.9. The molecular formula is C18H20N4. The minimum absolute atomic E-state index is 0.566. The van der Waals surface area contributed by atoms with E-state index in [9.17, 15) is 0 Å². The van der Waals surface area contributed by atoms with Crippen molar-refractivity contribution in [2.75, 3.05) is 13.1 Å². The zero-order valence-electron chi connectivity index (χ0n) is 12.6. The number of H-pyrrole nitrogens is 1. The van der Waals surface area contributed by atoms with Gasteiger partial charge in [-0.15, -0.1) is 0 Å². The number of hydrogen-bond donors (Lipinski definition) is 1. The third-order valence-corrected chi connectivity index (χ3v) is 4.51. The molecule has 1 N–H and O–H groups in total. The molecule has 4 heteroatoms. The molecule has 0 radical (unpaired) electrons. The van der Waals surface area contributed by atoms with E-state index in [1.54, 1.807) is 0 Å². The third kappa shape index (κ3) is 2.74. The van der Waals surface area contributed by atoms with Crippen molar-refractivity contribution in [2.45, 2.75) is 25.3 Å². The number of hydrogen-bond acceptors (Lipinski definition) is 3. The maximum atomic E-state index is 4.80. The Hall–Kier alpha value is -2.20. The Labute approximate surface area is 130 Å². The normalized spacial score (nSPS) is 19.5. The molecule has 1 atom stereocenters. The van der Waals surface area contributed by atoms with Gasteiger partial charge in [-0.2, -0.15) is 5.10 Å². The Morgan fingerprint density at radius 3 is 3.00 bits per heavy atom. The zero-order valence-corrected chi connectivity index (χ0v) is 12.6. The number of pyridine rings is 1. The van der Waals surface area contributed by atoms with Gasteiger partial charge in [0.05, 0.1) is 11.2 Å². The molecule has 1 aliphatic rings. The lowest BCUT2D eigenvalue weighted by atomic mass is 9.95. The second-order valence-corrected chi connectivity index (χ2v) is 6.08. The summed E-state index contributed by atoms with van der Waals surface area (Å²) in [6.07, 6.45) is 4.32. The molecule has 22 heavy (non-hydrogen) atoms. The lowest BCUT2D eigenvalue weighted by Crippen LogP contribution is -2.34. The van der Waals surface area contributed by atoms with Crippen LogP contribution in [0.4, 0.5) is 0 Å². The number of nitrogens with one attached hydrogen (secondary N) is 1. The second kappa shape index (κ2) is 5.89. The number of para-hydroxylation sites is 1. The number of aromatic amines is 1. The van der Waals surface area contributed by atoms with Crippen molar-refractivity contribution in [3.8, 4) is 0 Å². The van der Waals surface area contributed by atoms with Crippen molar-refractivity contribution in [3.05, 3.63) is 60.0 Å². The highest BCUT2D eigenvalue weighted by Crippen LogP contribution is 2.26. The van der Waals surface area contributed by atoms with Gasteiger partial charge in [0.25, 0.3) is 0 Å². The predicted molar refractivity (Wildman–Crippen MR) is 87.6 cm³/mol. The Morgan fingerprint density at radius 1 is 1.14 bits per heavy atom. The van der Waals surface area contributed by atoms with Crippen molar-refractivity contribution in [1.82, 2.24) is 20.1 Å². The molecule has 4 nitrogen and oxygen atoms in total. The number of aromatic nitrogens is 3. The standard InChI is InChI=1S/C18H20N4/c1-2-6-17-14(4-1)7-8-16(20-17)13-22-11-3-5-15(12-22)18-9-10-19-21-18/h1-2,4,6-10,15H,3,5,11-13H2,(H,19,21)/t15-/m0/s1. The minimum atomic E-state index is 0.566. The van der Waals surface area contributed by atoms with Crippen LogP contribution >= 0.6 is 0 Å². The van der Waals surface area contributed by atoms with Crippen molar-refractivity contribution in [3.63, 3.8) is 0 Å². The average molecular weight is 292 g/mol. The van der Waals surface area contributed by atoms with Gasteiger partial charge in [0.15, 0.2) is 0 Å². The van der Waals surface area contributed by atoms with E-state index in [1.165, 1.54) is 23.9 Å². The summed E-state index contributed by atoms with van der Waals surface area (Å²) in [4.78, 5) is 7.30. The number of nitrogens with zero attached hydrogens (tertiary/aromatic N) is 3. The highest BCUT2D eigenvalue weighted by Gasteiger charge is 2.22. The number of rotatable bonds is 3. The van der Waals surface area contributed by atoms with E-state index in [4.69, 9.17) is 4.98 Å². The summed E-state index contributed by atoms with van der Waals surface area (Å²) in [5, 5.41) is 8.42. The van der Waals surface area contributed by atoms with Crippen molar-refractivity contribution in [2.24, 2.45) is 0 Å². The van der Waals surface area contributed by atoms with Gasteiger partial charge in [0.1, 0.15) is 0 Å². The minimum Gasteiger partial charge on any atom is -0.297 e. The smallest absolute Gasteiger partial charge is 0.0705 e. The topological polar surface area (TPSA) is 44.8 Å². The van der Waals surface area contributed by atoms with E-state index in [0.29, 0.717) is 5.92 Å². The van der Waals surface area contributed by atoms with Crippen LogP contribution in [0.3, 0.4) is 0 Å². The van der Waals surface area contributed by atoms with E-state index in [-0.39, 0.29) is 0 Å². The summed E-state index contributed by atoms with van der Waals surface area (Å²) >= 11 is 0. The third-order valence-electron chi connectivity index (χ3n) is 4.51. The zero-order chi connectivity index (χ0) is 14.8. The molecule has 1 fully saturated rings. The molecule has 1 saturated heterocycles. The molecule has 1 aromatic carbocycles. The molecule has 3 aromatic rings. The van der Waals surface area contributed by atoms with E-state index >= 15 is 0 Å². The largest absolute Gasteiger partial charge is 0.297 e. The maximum Gasteiger partial charge on any atom is 0.0705 e. The highest BCUT2D eigenvalue weighted by atomic mass is 15.2. The van der Waals surface area contributed by atoms with Crippen molar-refractivity contribution >= 4 is 10.9 Å². The van der Waals surface area contributed by atoms with E-state index < -0.39 is 0 Å². The predicted octanol–water partition coefficient (Wildman–Crippen LogP) is 3.34. The molecular weight excluding hydrogens is 272 g/mol. The van der Waals surface area contributed by atoms with Gasteiger partial charge in [0.2, 0.25) is 0 Å². The Bertz CT molecular complexity index is 751. The van der Waals surface area contributed by atoms with Crippen LogP contribution in [0.1, 0.15) is 30.1 Å². The highest BCUT2D eigenvalue weighted by molar-refractivity contribution is 5.78. The SMILES string of the molecule is c1ccc2nc(CN3CCC[C@H](c4ccn[nH]4)C3)ccc2c1. The summed E-state index contributed by atoms with van der Waals surface area (Å²) in [6.45, 7) is 3.16. The Morgan fingerprint density at radius 2 is 2.09 bits per heavy atom. The second-order valence-electron chi connectivity index (χ2n) is 6.08. The van der Waals surface area contributed by atoms with E-state index in [2.05, 4.69) is 51.5 Å². The van der Waals surface area contributed by atoms with Crippen molar-refractivity contribution < 1.29 is 0 Å². The van der Waals surface area contributed by atoms with Gasteiger partial charge in [-0.25, -0.2) is 0 Å². The van der Waals surface area contributed by atoms with Gasteiger partial charge in [0, 0.05) is 36.3 Å². The molecule has 0 bridgehead atoms. The number of benzene rings is 1. The number of fused-ring (bicyclic) bond motifs is 1. The molecule has 0 unspecified atom stereocenters. The molecule has 1 aliphatic heterocycles. The van der Waals surface area contributed by atoms with Crippen LogP contribution in [-0.2, 0) is 6.54 Å². The van der Waals surface area contributed by atoms with Crippen LogP contribution in [0.5, 0.6) is 0 Å². The monoisotopic (exact) mass is 292 g/mol. The molecule has 4 rings (SSSR count). The van der Waals surface area contributed by atoms with Gasteiger partial charge in [-0.1, -0.05) is 24.3 Å². The molecule has 2 aromatic heterocycles. The number of likely N-dealkylation sites (tertiary alicyclic amines) is 1. The quantitative estimate of drug-likeness (QED) is 0.805. The van der Waals surface area contributed by atoms with Crippen LogP contribution < -0.4 is 0 Å². The maximum absolute atomic E-state index is 4.80. The first kappa shape index (κ1) is 13.5. The van der Waals surface area contributed by atoms with Crippen LogP contribution in [0.2, 0.25) is 0 Å². The summed E-state index contributed by atoms with van der Waals surface area (Å²) in [7, 11) is 0. The molecule has 0 spiro atoms. The molecule has 0 amide bonds. The van der Waals surface area contributed by atoms with Crippen molar-refractivity contribution in [1.29, 1.82) is 0 Å². The Balaban J connectivity index is 1.49. The summed E-state index contributed by atoms with van der Waals surface area (Å²) < 4.78 is 0. The fraction of sp³-hybridized carbons (Fsp3) is 0.333. The fourth-order valence-corrected chi connectivity index (χ4v) is 3.37. The first-order valence-corrected chi connectivity index (χ1v) is 7.95. The molecule has 3 heterocycles. The molecule has 0 saturated carbocycles. The Kier molecular flexibility index (Phi) is 3.60. The first-order valence-electron chi connectivity index (χ1n) is 7.95. The summed E-state index contributed by atoms with van der Waals surface area (Å²) in [5.74, 6) is 0.566. The van der Waals surface area contributed by atoms with E-state index in [1.807, 2.05) is 12.3 Å². The fourth-order valence-electron chi connectivity index (χ4n) is 3.37. The van der Waals surface area contributed by atoms with E-state index in [0.717, 1.165) is 30.8 Å². The van der Waals surface area contributed by atoms with Crippen LogP contribution in [0.15, 0.2) is 48.7 Å². The summed E-state index contributed by atoms with van der Waals surface area (Å²) in [6, 6.07) is 14.7. The van der Waals surface area contributed by atoms with Gasteiger partial charge < -0.3 is 0 Å². The van der Waals surface area contributed by atoms with Gasteiger partial charge in [-0.05, 0) is 37.6 Å². The summed E-state index contributed by atoms with van der Waals surface area (Å²) in [5.41, 5.74) is 3.50. The lowest BCUT2D eigenvalue weighted by molar-refractivity contribution is 0.196. The molecule has 112 valence electrons. The van der Waals surface area contributed by atoms with Crippen LogP contribution in [0.25, 0.3) is 10.9 Å². The van der Waals surface area contributed by atoms with Gasteiger partial charge in [-0.3, -0.25) is 15.0 Å². The van der Waals surface area contributed by atoms with Crippen LogP contribution in [-0.4, -0.2) is 33.2 Å². The average Bonchev–Trinajstić information content (AvgIpc) is 3.10. The number of piperidine rings is 1. The van der Waals surface area contributed by atoms with Crippen LogP contribution in [0, 0.1) is 0 Å². The molecule has 0 aliphatic carbocycles.